The molecule has 0 amide bonds. The molecular formula is C20H30N4O3. The van der Waals surface area contributed by atoms with E-state index in [0.717, 1.165) is 69.9 Å². The normalized spacial score (nSPS) is 25.3. The lowest BCUT2D eigenvalue weighted by molar-refractivity contribution is -0.00398. The highest BCUT2D eigenvalue weighted by Gasteiger charge is 2.34. The molecule has 4 rings (SSSR count). The molecule has 1 aromatic rings. The van der Waals surface area contributed by atoms with Gasteiger partial charge >= 0.3 is 5.97 Å². The number of aromatic carboxylic acids is 1. The predicted octanol–water partition coefficient (Wildman–Crippen LogP) is 1.42. The van der Waals surface area contributed by atoms with E-state index < -0.39 is 5.97 Å². The van der Waals surface area contributed by atoms with Crippen LogP contribution in [0, 0.1) is 0 Å². The molecule has 2 saturated heterocycles. The molecule has 0 aromatic carbocycles. The van der Waals surface area contributed by atoms with E-state index in [-0.39, 0.29) is 5.69 Å². The monoisotopic (exact) mass is 374 g/mol. The van der Waals surface area contributed by atoms with Gasteiger partial charge in [-0.25, -0.2) is 4.79 Å². The Balaban J connectivity index is 1.41. The largest absolute Gasteiger partial charge is 0.476 e. The van der Waals surface area contributed by atoms with Gasteiger partial charge in [0, 0.05) is 36.4 Å². The minimum absolute atomic E-state index is 0.236. The van der Waals surface area contributed by atoms with Gasteiger partial charge < -0.3 is 9.84 Å². The number of aromatic nitrogens is 2. The summed E-state index contributed by atoms with van der Waals surface area (Å²) in [5.41, 5.74) is 2.27. The molecule has 27 heavy (non-hydrogen) atoms. The molecule has 0 unspecified atom stereocenters. The van der Waals surface area contributed by atoms with Crippen molar-refractivity contribution in [3.63, 3.8) is 0 Å². The average molecular weight is 374 g/mol. The Bertz CT molecular complexity index is 688. The standard InChI is InChI=1S/C20H30N4O3/c1-2-7-24-18-4-3-16(14-17(18)19(21-24)20(25)26)22-8-5-15(6-9-22)23-10-12-27-13-11-23/h2,15-16H,1,3-14H2,(H,25,26)/t16-/m0/s1. The van der Waals surface area contributed by atoms with Crippen molar-refractivity contribution >= 4 is 5.97 Å². The molecule has 0 bridgehead atoms. The predicted molar refractivity (Wildman–Crippen MR) is 102 cm³/mol. The maximum atomic E-state index is 11.7. The van der Waals surface area contributed by atoms with E-state index in [0.29, 0.717) is 18.6 Å². The number of nitrogens with zero attached hydrogens (tertiary/aromatic N) is 4. The third kappa shape index (κ3) is 3.81. The van der Waals surface area contributed by atoms with E-state index >= 15 is 0 Å². The molecule has 1 atom stereocenters. The number of piperidine rings is 1. The number of carboxylic acid groups (broad SMARTS) is 1. The summed E-state index contributed by atoms with van der Waals surface area (Å²) in [6.07, 6.45) is 6.96. The molecule has 2 fully saturated rings. The zero-order chi connectivity index (χ0) is 18.8. The van der Waals surface area contributed by atoms with Crippen molar-refractivity contribution in [1.82, 2.24) is 19.6 Å². The fourth-order valence-corrected chi connectivity index (χ4v) is 4.98. The Morgan fingerprint density at radius 2 is 1.85 bits per heavy atom. The van der Waals surface area contributed by atoms with Crippen molar-refractivity contribution in [2.75, 3.05) is 39.4 Å². The maximum Gasteiger partial charge on any atom is 0.356 e. The molecule has 3 aliphatic rings. The number of likely N-dealkylation sites (tertiary alicyclic amines) is 1. The van der Waals surface area contributed by atoms with Gasteiger partial charge in [0.25, 0.3) is 0 Å². The third-order valence-electron chi connectivity index (χ3n) is 6.40. The van der Waals surface area contributed by atoms with Crippen LogP contribution in [0.25, 0.3) is 0 Å². The van der Waals surface area contributed by atoms with Crippen molar-refractivity contribution in [3.05, 3.63) is 29.6 Å². The van der Waals surface area contributed by atoms with Crippen molar-refractivity contribution in [2.45, 2.75) is 50.7 Å². The molecule has 7 heteroatoms. The number of hydrogen-bond acceptors (Lipinski definition) is 5. The number of carboxylic acids is 1. The summed E-state index contributed by atoms with van der Waals surface area (Å²) in [5.74, 6) is -0.916. The zero-order valence-electron chi connectivity index (χ0n) is 16.0. The van der Waals surface area contributed by atoms with Gasteiger partial charge in [-0.15, -0.1) is 6.58 Å². The van der Waals surface area contributed by atoms with Crippen LogP contribution in [0.1, 0.15) is 41.0 Å². The lowest BCUT2D eigenvalue weighted by atomic mass is 9.88. The zero-order valence-corrected chi connectivity index (χ0v) is 16.0. The fraction of sp³-hybridized carbons (Fsp3) is 0.700. The number of ether oxygens (including phenoxy) is 1. The number of morpholine rings is 1. The van der Waals surface area contributed by atoms with Crippen LogP contribution in [0.15, 0.2) is 12.7 Å². The van der Waals surface area contributed by atoms with Gasteiger partial charge in [-0.2, -0.15) is 5.10 Å². The van der Waals surface area contributed by atoms with E-state index in [1.165, 1.54) is 12.8 Å². The van der Waals surface area contributed by atoms with Gasteiger partial charge in [0.1, 0.15) is 0 Å². The van der Waals surface area contributed by atoms with Gasteiger partial charge in [-0.3, -0.25) is 14.5 Å². The first-order valence-corrected chi connectivity index (χ1v) is 10.2. The summed E-state index contributed by atoms with van der Waals surface area (Å²) in [6.45, 7) is 10.4. The average Bonchev–Trinajstić information content (AvgIpc) is 3.07. The first-order valence-electron chi connectivity index (χ1n) is 10.2. The number of carbonyl (C=O) groups is 1. The molecular weight excluding hydrogens is 344 g/mol. The molecule has 0 saturated carbocycles. The Kier molecular flexibility index (Phi) is 5.61. The molecule has 3 heterocycles. The van der Waals surface area contributed by atoms with Gasteiger partial charge in [-0.1, -0.05) is 6.08 Å². The SMILES string of the molecule is C=CCn1nc(C(=O)O)c2c1CC[C@H](N1CCC(N3CCOCC3)CC1)C2. The van der Waals surface area contributed by atoms with Crippen molar-refractivity contribution < 1.29 is 14.6 Å². The van der Waals surface area contributed by atoms with Crippen LogP contribution in [0.5, 0.6) is 0 Å². The Morgan fingerprint density at radius 3 is 2.52 bits per heavy atom. The van der Waals surface area contributed by atoms with Gasteiger partial charge in [-0.05, 0) is 45.2 Å². The molecule has 7 nitrogen and oxygen atoms in total. The topological polar surface area (TPSA) is 70.8 Å². The van der Waals surface area contributed by atoms with E-state index in [1.54, 1.807) is 6.08 Å². The number of rotatable bonds is 5. The van der Waals surface area contributed by atoms with Crippen molar-refractivity contribution in [3.8, 4) is 0 Å². The number of hydrogen-bond donors (Lipinski definition) is 1. The summed E-state index contributed by atoms with van der Waals surface area (Å²) in [4.78, 5) is 16.8. The van der Waals surface area contributed by atoms with Gasteiger partial charge in [0.2, 0.25) is 0 Å². The van der Waals surface area contributed by atoms with E-state index in [4.69, 9.17) is 4.74 Å². The van der Waals surface area contributed by atoms with Crippen LogP contribution >= 0.6 is 0 Å². The first kappa shape index (κ1) is 18.7. The second kappa shape index (κ2) is 8.12. The minimum atomic E-state index is -0.916. The van der Waals surface area contributed by atoms with E-state index in [9.17, 15) is 9.90 Å². The maximum absolute atomic E-state index is 11.7. The summed E-state index contributed by atoms with van der Waals surface area (Å²) in [7, 11) is 0. The van der Waals surface area contributed by atoms with E-state index in [2.05, 4.69) is 21.5 Å². The Morgan fingerprint density at radius 1 is 1.15 bits per heavy atom. The van der Waals surface area contributed by atoms with Crippen LogP contribution < -0.4 is 0 Å². The van der Waals surface area contributed by atoms with Crippen LogP contribution in [-0.2, 0) is 24.1 Å². The summed E-state index contributed by atoms with van der Waals surface area (Å²) in [6, 6.07) is 1.11. The highest BCUT2D eigenvalue weighted by Crippen LogP contribution is 2.30. The summed E-state index contributed by atoms with van der Waals surface area (Å²) < 4.78 is 7.30. The summed E-state index contributed by atoms with van der Waals surface area (Å²) >= 11 is 0. The second-order valence-electron chi connectivity index (χ2n) is 7.86. The molecule has 2 aliphatic heterocycles. The van der Waals surface area contributed by atoms with Crippen molar-refractivity contribution in [1.29, 1.82) is 0 Å². The lowest BCUT2D eigenvalue weighted by Gasteiger charge is -2.43. The van der Waals surface area contributed by atoms with Crippen molar-refractivity contribution in [2.24, 2.45) is 0 Å². The van der Waals surface area contributed by atoms with Crippen LogP contribution in [0.2, 0.25) is 0 Å². The molecule has 0 spiro atoms. The molecule has 1 aromatic heterocycles. The van der Waals surface area contributed by atoms with Gasteiger partial charge in [0.15, 0.2) is 5.69 Å². The Hall–Kier alpha value is -1.70. The molecule has 1 aliphatic carbocycles. The van der Waals surface area contributed by atoms with Gasteiger partial charge in [0.05, 0.1) is 19.8 Å². The summed E-state index contributed by atoms with van der Waals surface area (Å²) in [5, 5.41) is 13.9. The first-order chi connectivity index (χ1) is 13.2. The smallest absolute Gasteiger partial charge is 0.356 e. The minimum Gasteiger partial charge on any atom is -0.476 e. The highest BCUT2D eigenvalue weighted by molar-refractivity contribution is 5.87. The van der Waals surface area contributed by atoms with Crippen LogP contribution in [-0.4, -0.2) is 82.1 Å². The second-order valence-corrected chi connectivity index (χ2v) is 7.86. The Labute approximate surface area is 160 Å². The molecule has 0 radical (unpaired) electrons. The fourth-order valence-electron chi connectivity index (χ4n) is 4.98. The third-order valence-corrected chi connectivity index (χ3v) is 6.40. The highest BCUT2D eigenvalue weighted by atomic mass is 16.5. The van der Waals surface area contributed by atoms with Crippen LogP contribution in [0.4, 0.5) is 0 Å². The van der Waals surface area contributed by atoms with Crippen LogP contribution in [0.3, 0.4) is 0 Å². The quantitative estimate of drug-likeness (QED) is 0.786. The number of fused-ring (bicyclic) bond motifs is 1. The lowest BCUT2D eigenvalue weighted by Crippen LogP contribution is -2.51. The molecule has 148 valence electrons. The number of allylic oxidation sites excluding steroid dienone is 1. The van der Waals surface area contributed by atoms with E-state index in [1.807, 2.05) is 4.68 Å². The molecule has 1 N–H and O–H groups in total.